The smallest absolute Gasteiger partial charge is 0.223 e. The molecule has 1 fully saturated rings. The average Bonchev–Trinajstić information content (AvgIpc) is 2.36. The van der Waals surface area contributed by atoms with Crippen LogP contribution in [0.1, 0.15) is 46.0 Å². The predicted octanol–water partition coefficient (Wildman–Crippen LogP) is 1.29. The Morgan fingerprint density at radius 3 is 2.89 bits per heavy atom. The number of nitrogens with one attached hydrogen (secondary N) is 2. The van der Waals surface area contributed by atoms with Crippen LogP contribution in [0.3, 0.4) is 0 Å². The lowest BCUT2D eigenvalue weighted by atomic mass is 9.92. The van der Waals surface area contributed by atoms with Gasteiger partial charge in [-0.2, -0.15) is 0 Å². The molecule has 1 rings (SSSR count). The van der Waals surface area contributed by atoms with Crippen LogP contribution in [0, 0.1) is 11.8 Å². The fraction of sp³-hybridized carbons (Fsp3) is 0.929. The van der Waals surface area contributed by atoms with E-state index in [9.17, 15) is 4.79 Å². The molecule has 1 amide bonds. The topological polar surface area (TPSA) is 61.4 Å². The first-order valence-corrected chi connectivity index (χ1v) is 7.29. The summed E-state index contributed by atoms with van der Waals surface area (Å²) in [5.74, 6) is 0.781. The van der Waals surface area contributed by atoms with Gasteiger partial charge in [0.1, 0.15) is 0 Å². The lowest BCUT2D eigenvalue weighted by Gasteiger charge is -2.27. The van der Waals surface area contributed by atoms with Crippen molar-refractivity contribution in [2.24, 2.45) is 11.8 Å². The number of hydrogen-bond acceptors (Lipinski definition) is 3. The SMILES string of the molecule is CCCC(CCO)CNC(=O)C1CCNC(C)C1. The molecule has 0 radical (unpaired) electrons. The van der Waals surface area contributed by atoms with E-state index < -0.39 is 0 Å². The first-order valence-electron chi connectivity index (χ1n) is 7.29. The Bertz CT molecular complexity index is 240. The molecule has 0 aromatic rings. The maximum absolute atomic E-state index is 12.1. The van der Waals surface area contributed by atoms with Crippen molar-refractivity contribution in [3.63, 3.8) is 0 Å². The zero-order chi connectivity index (χ0) is 13.4. The maximum Gasteiger partial charge on any atom is 0.223 e. The first-order chi connectivity index (χ1) is 8.67. The molecule has 1 aliphatic heterocycles. The predicted molar refractivity (Wildman–Crippen MR) is 73.3 cm³/mol. The second-order valence-electron chi connectivity index (χ2n) is 5.49. The van der Waals surface area contributed by atoms with Gasteiger partial charge in [0.15, 0.2) is 0 Å². The number of carbonyl (C=O) groups is 1. The lowest BCUT2D eigenvalue weighted by molar-refractivity contribution is -0.126. The third-order valence-corrected chi connectivity index (χ3v) is 3.79. The number of aliphatic hydroxyl groups is 1. The molecule has 3 N–H and O–H groups in total. The van der Waals surface area contributed by atoms with Crippen LogP contribution in [0.15, 0.2) is 0 Å². The van der Waals surface area contributed by atoms with Gasteiger partial charge in [-0.3, -0.25) is 4.79 Å². The Morgan fingerprint density at radius 2 is 2.28 bits per heavy atom. The van der Waals surface area contributed by atoms with Gasteiger partial charge < -0.3 is 15.7 Å². The van der Waals surface area contributed by atoms with Gasteiger partial charge in [-0.05, 0) is 45.1 Å². The Morgan fingerprint density at radius 1 is 1.50 bits per heavy atom. The molecule has 106 valence electrons. The zero-order valence-electron chi connectivity index (χ0n) is 11.7. The highest BCUT2D eigenvalue weighted by atomic mass is 16.3. The molecule has 18 heavy (non-hydrogen) atoms. The van der Waals surface area contributed by atoms with Gasteiger partial charge in [-0.1, -0.05) is 13.3 Å². The van der Waals surface area contributed by atoms with Crippen molar-refractivity contribution in [2.45, 2.75) is 52.0 Å². The summed E-state index contributed by atoms with van der Waals surface area (Å²) in [5.41, 5.74) is 0. The van der Waals surface area contributed by atoms with Gasteiger partial charge in [-0.25, -0.2) is 0 Å². The lowest BCUT2D eigenvalue weighted by Crippen LogP contribution is -2.43. The minimum atomic E-state index is 0.164. The molecule has 3 atom stereocenters. The highest BCUT2D eigenvalue weighted by Crippen LogP contribution is 2.16. The Labute approximate surface area is 111 Å². The van der Waals surface area contributed by atoms with Crippen molar-refractivity contribution in [1.82, 2.24) is 10.6 Å². The fourth-order valence-electron chi connectivity index (χ4n) is 2.70. The van der Waals surface area contributed by atoms with Crippen LogP contribution in [-0.2, 0) is 4.79 Å². The molecule has 3 unspecified atom stereocenters. The molecule has 4 heteroatoms. The van der Waals surface area contributed by atoms with E-state index in [0.717, 1.165) is 38.6 Å². The molecule has 1 saturated heterocycles. The third-order valence-electron chi connectivity index (χ3n) is 3.79. The monoisotopic (exact) mass is 256 g/mol. The van der Waals surface area contributed by atoms with E-state index in [2.05, 4.69) is 24.5 Å². The summed E-state index contributed by atoms with van der Waals surface area (Å²) in [7, 11) is 0. The molecule has 0 bridgehead atoms. The molecule has 4 nitrogen and oxygen atoms in total. The van der Waals surface area contributed by atoms with Crippen LogP contribution in [-0.4, -0.2) is 36.8 Å². The summed E-state index contributed by atoms with van der Waals surface area (Å²) in [5, 5.41) is 15.4. The molecule has 1 heterocycles. The molecular weight excluding hydrogens is 228 g/mol. The summed E-state index contributed by atoms with van der Waals surface area (Å²) < 4.78 is 0. The molecule has 0 aromatic carbocycles. The third kappa shape index (κ3) is 5.36. The summed E-state index contributed by atoms with van der Waals surface area (Å²) in [4.78, 5) is 12.1. The van der Waals surface area contributed by atoms with Gasteiger partial charge in [0.2, 0.25) is 5.91 Å². The van der Waals surface area contributed by atoms with E-state index >= 15 is 0 Å². The standard InChI is InChI=1S/C14H28N2O2/c1-3-4-12(6-8-17)10-16-14(18)13-5-7-15-11(2)9-13/h11-13,15,17H,3-10H2,1-2H3,(H,16,18). The van der Waals surface area contributed by atoms with Gasteiger partial charge in [0.25, 0.3) is 0 Å². The molecular formula is C14H28N2O2. The molecule has 0 spiro atoms. The fourth-order valence-corrected chi connectivity index (χ4v) is 2.70. The Balaban J connectivity index is 2.29. The summed E-state index contributed by atoms with van der Waals surface area (Å²) in [6.07, 6.45) is 4.84. The van der Waals surface area contributed by atoms with E-state index in [1.165, 1.54) is 0 Å². The van der Waals surface area contributed by atoms with Crippen LogP contribution >= 0.6 is 0 Å². The zero-order valence-corrected chi connectivity index (χ0v) is 11.7. The van der Waals surface area contributed by atoms with Gasteiger partial charge in [0, 0.05) is 25.1 Å². The minimum absolute atomic E-state index is 0.164. The normalized spacial score (nSPS) is 25.7. The number of amides is 1. The summed E-state index contributed by atoms with van der Waals surface area (Å²) in [6, 6.07) is 0.443. The molecule has 0 saturated carbocycles. The summed E-state index contributed by atoms with van der Waals surface area (Å²) >= 11 is 0. The number of piperidine rings is 1. The van der Waals surface area contributed by atoms with E-state index in [1.54, 1.807) is 0 Å². The molecule has 0 aliphatic carbocycles. The molecule has 1 aliphatic rings. The van der Waals surface area contributed by atoms with Crippen molar-refractivity contribution in [3.05, 3.63) is 0 Å². The first kappa shape index (κ1) is 15.4. The van der Waals surface area contributed by atoms with E-state index in [1.807, 2.05) is 0 Å². The van der Waals surface area contributed by atoms with Crippen LogP contribution in [0.5, 0.6) is 0 Å². The number of carbonyl (C=O) groups excluding carboxylic acids is 1. The number of aliphatic hydroxyl groups excluding tert-OH is 1. The second-order valence-corrected chi connectivity index (χ2v) is 5.49. The van der Waals surface area contributed by atoms with Gasteiger partial charge in [-0.15, -0.1) is 0 Å². The van der Waals surface area contributed by atoms with E-state index in [4.69, 9.17) is 5.11 Å². The maximum atomic E-state index is 12.1. The number of hydrogen-bond donors (Lipinski definition) is 3. The van der Waals surface area contributed by atoms with Crippen molar-refractivity contribution in [1.29, 1.82) is 0 Å². The van der Waals surface area contributed by atoms with Gasteiger partial charge in [0.05, 0.1) is 0 Å². The van der Waals surface area contributed by atoms with Crippen molar-refractivity contribution >= 4 is 5.91 Å². The van der Waals surface area contributed by atoms with Gasteiger partial charge >= 0.3 is 0 Å². The quantitative estimate of drug-likeness (QED) is 0.643. The summed E-state index contributed by atoms with van der Waals surface area (Å²) in [6.45, 7) is 6.14. The Kier molecular flexibility index (Phi) is 7.28. The minimum Gasteiger partial charge on any atom is -0.396 e. The van der Waals surface area contributed by atoms with Crippen molar-refractivity contribution in [3.8, 4) is 0 Å². The highest BCUT2D eigenvalue weighted by molar-refractivity contribution is 5.78. The second kappa shape index (κ2) is 8.48. The van der Waals surface area contributed by atoms with Crippen LogP contribution in [0.4, 0.5) is 0 Å². The van der Waals surface area contributed by atoms with Crippen molar-refractivity contribution < 1.29 is 9.90 Å². The van der Waals surface area contributed by atoms with Crippen LogP contribution in [0.2, 0.25) is 0 Å². The average molecular weight is 256 g/mol. The van der Waals surface area contributed by atoms with E-state index in [-0.39, 0.29) is 18.4 Å². The van der Waals surface area contributed by atoms with Crippen molar-refractivity contribution in [2.75, 3.05) is 19.7 Å². The Hall–Kier alpha value is -0.610. The van der Waals surface area contributed by atoms with E-state index in [0.29, 0.717) is 18.5 Å². The van der Waals surface area contributed by atoms with Crippen LogP contribution in [0.25, 0.3) is 0 Å². The van der Waals surface area contributed by atoms with Crippen LogP contribution < -0.4 is 10.6 Å². The highest BCUT2D eigenvalue weighted by Gasteiger charge is 2.24. The largest absolute Gasteiger partial charge is 0.396 e. The number of rotatable bonds is 7. The molecule has 0 aromatic heterocycles.